The predicted octanol–water partition coefficient (Wildman–Crippen LogP) is 2.75. The van der Waals surface area contributed by atoms with Crippen LogP contribution in [0.2, 0.25) is 0 Å². The average molecular weight is 360 g/mol. The van der Waals surface area contributed by atoms with Crippen molar-refractivity contribution in [1.29, 1.82) is 0 Å². The monoisotopic (exact) mass is 360 g/mol. The van der Waals surface area contributed by atoms with Gasteiger partial charge in [-0.2, -0.15) is 0 Å². The number of amides is 1. The molecular weight excluding hydrogens is 336 g/mol. The van der Waals surface area contributed by atoms with Crippen LogP contribution in [0.15, 0.2) is 48.5 Å². The van der Waals surface area contributed by atoms with Gasteiger partial charge < -0.3 is 5.32 Å². The van der Waals surface area contributed by atoms with Crippen LogP contribution in [0.1, 0.15) is 28.4 Å². The second-order valence-electron chi connectivity index (χ2n) is 5.93. The summed E-state index contributed by atoms with van der Waals surface area (Å²) in [6.07, 6.45) is 2.07. The molecule has 25 heavy (non-hydrogen) atoms. The molecule has 1 N–H and O–H groups in total. The predicted molar refractivity (Wildman–Crippen MR) is 102 cm³/mol. The molecule has 2 aromatic carbocycles. The van der Waals surface area contributed by atoms with Crippen LogP contribution in [-0.4, -0.2) is 33.7 Å². The van der Waals surface area contributed by atoms with Crippen molar-refractivity contribution in [2.24, 2.45) is 0 Å². The third kappa shape index (κ3) is 5.06. The molecule has 134 valence electrons. The standard InChI is InChI=1S/C19H24N2O3S/c1-4-16-9-11-17(12-10-16)21(25(3,23)24)14-13-20-19(22)18-8-6-5-7-15(18)2/h5-12H,4,13-14H2,1-3H3,(H,20,22). The van der Waals surface area contributed by atoms with Crippen molar-refractivity contribution in [3.05, 3.63) is 65.2 Å². The SMILES string of the molecule is CCc1ccc(N(CCNC(=O)c2ccccc2C)S(C)(=O)=O)cc1. The lowest BCUT2D eigenvalue weighted by Crippen LogP contribution is -2.38. The number of hydrogen-bond donors (Lipinski definition) is 1. The quantitative estimate of drug-likeness (QED) is 0.826. The fourth-order valence-electron chi connectivity index (χ4n) is 2.58. The van der Waals surface area contributed by atoms with Gasteiger partial charge in [-0.25, -0.2) is 8.42 Å². The molecule has 2 aromatic rings. The Morgan fingerprint density at radius 1 is 1.08 bits per heavy atom. The van der Waals surface area contributed by atoms with Crippen molar-refractivity contribution in [2.45, 2.75) is 20.3 Å². The number of sulfonamides is 1. The molecule has 0 aliphatic carbocycles. The van der Waals surface area contributed by atoms with Gasteiger partial charge in [0, 0.05) is 12.1 Å². The fourth-order valence-corrected chi connectivity index (χ4v) is 3.51. The van der Waals surface area contributed by atoms with E-state index >= 15 is 0 Å². The van der Waals surface area contributed by atoms with E-state index in [4.69, 9.17) is 0 Å². The zero-order valence-electron chi connectivity index (χ0n) is 14.8. The molecular formula is C19H24N2O3S. The Kier molecular flexibility index (Phi) is 6.20. The lowest BCUT2D eigenvalue weighted by Gasteiger charge is -2.23. The third-order valence-electron chi connectivity index (χ3n) is 4.02. The van der Waals surface area contributed by atoms with Gasteiger partial charge in [-0.05, 0) is 42.7 Å². The molecule has 0 aliphatic heterocycles. The van der Waals surface area contributed by atoms with Gasteiger partial charge in [-0.3, -0.25) is 9.10 Å². The number of carbonyl (C=O) groups is 1. The van der Waals surface area contributed by atoms with Gasteiger partial charge in [0.15, 0.2) is 0 Å². The van der Waals surface area contributed by atoms with Crippen LogP contribution in [-0.2, 0) is 16.4 Å². The highest BCUT2D eigenvalue weighted by molar-refractivity contribution is 7.92. The first-order valence-corrected chi connectivity index (χ1v) is 10.1. The Balaban J connectivity index is 2.06. The molecule has 0 spiro atoms. The molecule has 0 fully saturated rings. The Labute approximate surface area is 149 Å². The molecule has 0 atom stereocenters. The van der Waals surface area contributed by atoms with Gasteiger partial charge in [0.1, 0.15) is 0 Å². The first-order chi connectivity index (χ1) is 11.8. The zero-order valence-corrected chi connectivity index (χ0v) is 15.6. The maximum absolute atomic E-state index is 12.2. The maximum Gasteiger partial charge on any atom is 0.251 e. The van der Waals surface area contributed by atoms with Gasteiger partial charge in [0.25, 0.3) is 5.91 Å². The van der Waals surface area contributed by atoms with Crippen molar-refractivity contribution < 1.29 is 13.2 Å². The minimum Gasteiger partial charge on any atom is -0.350 e. The first kappa shape index (κ1) is 19.0. The largest absolute Gasteiger partial charge is 0.350 e. The van der Waals surface area contributed by atoms with Crippen molar-refractivity contribution >= 4 is 21.6 Å². The summed E-state index contributed by atoms with van der Waals surface area (Å²) in [6, 6.07) is 14.7. The van der Waals surface area contributed by atoms with Crippen LogP contribution in [0.3, 0.4) is 0 Å². The molecule has 2 rings (SSSR count). The van der Waals surface area contributed by atoms with Gasteiger partial charge in [0.05, 0.1) is 18.5 Å². The first-order valence-electron chi connectivity index (χ1n) is 8.23. The molecule has 0 unspecified atom stereocenters. The third-order valence-corrected chi connectivity index (χ3v) is 5.22. The van der Waals surface area contributed by atoms with E-state index in [2.05, 4.69) is 5.32 Å². The summed E-state index contributed by atoms with van der Waals surface area (Å²) in [6.45, 7) is 4.33. The lowest BCUT2D eigenvalue weighted by atomic mass is 10.1. The molecule has 0 bridgehead atoms. The van der Waals surface area contributed by atoms with E-state index in [0.29, 0.717) is 11.3 Å². The Morgan fingerprint density at radius 3 is 2.28 bits per heavy atom. The highest BCUT2D eigenvalue weighted by Crippen LogP contribution is 2.18. The second-order valence-corrected chi connectivity index (χ2v) is 7.83. The molecule has 5 nitrogen and oxygen atoms in total. The van der Waals surface area contributed by atoms with E-state index in [0.717, 1.165) is 17.5 Å². The average Bonchev–Trinajstić information content (AvgIpc) is 2.58. The van der Waals surface area contributed by atoms with E-state index in [-0.39, 0.29) is 19.0 Å². The minimum absolute atomic E-state index is 0.182. The number of anilines is 1. The van der Waals surface area contributed by atoms with E-state index in [1.54, 1.807) is 24.3 Å². The summed E-state index contributed by atoms with van der Waals surface area (Å²) >= 11 is 0. The van der Waals surface area contributed by atoms with Crippen molar-refractivity contribution in [3.8, 4) is 0 Å². The van der Waals surface area contributed by atoms with Gasteiger partial charge in [-0.1, -0.05) is 37.3 Å². The van der Waals surface area contributed by atoms with Crippen LogP contribution < -0.4 is 9.62 Å². The molecule has 6 heteroatoms. The maximum atomic E-state index is 12.2. The summed E-state index contributed by atoms with van der Waals surface area (Å²) in [5, 5.41) is 2.79. The topological polar surface area (TPSA) is 66.5 Å². The highest BCUT2D eigenvalue weighted by Gasteiger charge is 2.17. The fraction of sp³-hybridized carbons (Fsp3) is 0.316. The number of benzene rings is 2. The van der Waals surface area contributed by atoms with E-state index in [1.165, 1.54) is 10.6 Å². The van der Waals surface area contributed by atoms with Crippen molar-refractivity contribution in [1.82, 2.24) is 5.32 Å². The van der Waals surface area contributed by atoms with Crippen LogP contribution in [0, 0.1) is 6.92 Å². The summed E-state index contributed by atoms with van der Waals surface area (Å²) < 4.78 is 25.5. The second kappa shape index (κ2) is 8.16. The Morgan fingerprint density at radius 2 is 1.72 bits per heavy atom. The molecule has 0 aromatic heterocycles. The summed E-state index contributed by atoms with van der Waals surface area (Å²) in [5.41, 5.74) is 3.23. The smallest absolute Gasteiger partial charge is 0.251 e. The molecule has 0 aliphatic rings. The van der Waals surface area contributed by atoms with Crippen LogP contribution >= 0.6 is 0 Å². The number of hydrogen-bond acceptors (Lipinski definition) is 3. The van der Waals surface area contributed by atoms with E-state index in [1.807, 2.05) is 38.1 Å². The Bertz CT molecular complexity index is 830. The highest BCUT2D eigenvalue weighted by atomic mass is 32.2. The molecule has 0 saturated heterocycles. The minimum atomic E-state index is -3.43. The zero-order chi connectivity index (χ0) is 18.4. The number of rotatable bonds is 7. The van der Waals surface area contributed by atoms with Crippen LogP contribution in [0.25, 0.3) is 0 Å². The van der Waals surface area contributed by atoms with E-state index in [9.17, 15) is 13.2 Å². The summed E-state index contributed by atoms with van der Waals surface area (Å²) in [5.74, 6) is -0.201. The molecule has 1 amide bonds. The Hall–Kier alpha value is -2.34. The molecule has 0 radical (unpaired) electrons. The normalized spacial score (nSPS) is 11.2. The van der Waals surface area contributed by atoms with E-state index < -0.39 is 10.0 Å². The number of nitrogens with one attached hydrogen (secondary N) is 1. The lowest BCUT2D eigenvalue weighted by molar-refractivity contribution is 0.0954. The van der Waals surface area contributed by atoms with Gasteiger partial charge in [-0.15, -0.1) is 0 Å². The molecule has 0 heterocycles. The summed E-state index contributed by atoms with van der Waals surface area (Å²) in [7, 11) is -3.43. The number of aryl methyl sites for hydroxylation is 2. The van der Waals surface area contributed by atoms with Crippen LogP contribution in [0.5, 0.6) is 0 Å². The van der Waals surface area contributed by atoms with Gasteiger partial charge in [0.2, 0.25) is 10.0 Å². The van der Waals surface area contributed by atoms with Crippen molar-refractivity contribution in [2.75, 3.05) is 23.7 Å². The number of carbonyl (C=O) groups excluding carboxylic acids is 1. The van der Waals surface area contributed by atoms with Crippen LogP contribution in [0.4, 0.5) is 5.69 Å². The van der Waals surface area contributed by atoms with Gasteiger partial charge >= 0.3 is 0 Å². The molecule has 0 saturated carbocycles. The number of nitrogens with zero attached hydrogens (tertiary/aromatic N) is 1. The summed E-state index contributed by atoms with van der Waals surface area (Å²) in [4.78, 5) is 12.2. The van der Waals surface area contributed by atoms with Crippen molar-refractivity contribution in [3.63, 3.8) is 0 Å².